The lowest BCUT2D eigenvalue weighted by Crippen LogP contribution is -2.16. The number of carbonyl (C=O) groups excluding carboxylic acids is 1. The Hall–Kier alpha value is -3.40. The number of hydrogen-bond acceptors (Lipinski definition) is 5. The number of halogens is 4. The molecule has 1 aromatic heterocycles. The lowest BCUT2D eigenvalue weighted by molar-refractivity contribution is -0.141. The molecule has 3 aromatic rings. The van der Waals surface area contributed by atoms with Gasteiger partial charge in [0.05, 0.1) is 13.2 Å². The van der Waals surface area contributed by atoms with Gasteiger partial charge in [-0.3, -0.25) is 9.48 Å². The van der Waals surface area contributed by atoms with Crippen LogP contribution in [0.5, 0.6) is 17.2 Å². The Kier molecular flexibility index (Phi) is 7.93. The first-order chi connectivity index (χ1) is 16.1. The van der Waals surface area contributed by atoms with E-state index in [1.54, 1.807) is 24.3 Å². The molecule has 1 amide bonds. The largest absolute Gasteiger partial charge is 0.490 e. The maximum Gasteiger partial charge on any atom is 0.436 e. The maximum absolute atomic E-state index is 13.0. The van der Waals surface area contributed by atoms with Crippen LogP contribution in [0.25, 0.3) is 0 Å². The van der Waals surface area contributed by atoms with Gasteiger partial charge >= 0.3 is 6.18 Å². The quantitative estimate of drug-likeness (QED) is 0.409. The standard InChI is InChI=1S/C23H23ClF3N3O4/c1-4-32-17-11-6-14(12-18(17)33-5-2)13-34-16-9-7-15(8-10-16)28-22(31)20-19(24)21(23(25,26)27)29-30(20)3/h6-12H,4-5,13H2,1-3H3,(H,28,31). The van der Waals surface area contributed by atoms with Gasteiger partial charge in [0.25, 0.3) is 5.91 Å². The number of amides is 1. The number of carbonyl (C=O) groups is 1. The van der Waals surface area contributed by atoms with Crippen LogP contribution < -0.4 is 19.5 Å². The van der Waals surface area contributed by atoms with Gasteiger partial charge in [0.15, 0.2) is 17.2 Å². The predicted molar refractivity (Wildman–Crippen MR) is 121 cm³/mol. The summed E-state index contributed by atoms with van der Waals surface area (Å²) in [5, 5.41) is 5.06. The molecule has 0 aliphatic carbocycles. The first kappa shape index (κ1) is 25.2. The molecule has 0 aliphatic rings. The predicted octanol–water partition coefficient (Wildman–Crippen LogP) is 5.72. The number of benzene rings is 2. The molecule has 7 nitrogen and oxygen atoms in total. The highest BCUT2D eigenvalue weighted by Gasteiger charge is 2.39. The number of hydrogen-bond donors (Lipinski definition) is 1. The zero-order valence-corrected chi connectivity index (χ0v) is 19.5. The summed E-state index contributed by atoms with van der Waals surface area (Å²) in [6.45, 7) is 5.07. The highest BCUT2D eigenvalue weighted by atomic mass is 35.5. The second-order valence-electron chi connectivity index (χ2n) is 7.05. The molecular formula is C23H23ClF3N3O4. The van der Waals surface area contributed by atoms with Crippen molar-refractivity contribution in [1.29, 1.82) is 0 Å². The van der Waals surface area contributed by atoms with E-state index < -0.39 is 28.5 Å². The summed E-state index contributed by atoms with van der Waals surface area (Å²) in [6.07, 6.45) is -4.76. The van der Waals surface area contributed by atoms with Crippen LogP contribution in [0.3, 0.4) is 0 Å². The molecule has 0 unspecified atom stereocenters. The molecule has 34 heavy (non-hydrogen) atoms. The monoisotopic (exact) mass is 497 g/mol. The molecule has 0 saturated carbocycles. The maximum atomic E-state index is 13.0. The molecule has 11 heteroatoms. The fourth-order valence-electron chi connectivity index (χ4n) is 3.10. The fraction of sp³-hybridized carbons (Fsp3) is 0.304. The van der Waals surface area contributed by atoms with E-state index in [1.807, 2.05) is 32.0 Å². The fourth-order valence-corrected chi connectivity index (χ4v) is 3.46. The molecule has 3 rings (SSSR count). The number of anilines is 1. The SMILES string of the molecule is CCOc1ccc(COc2ccc(NC(=O)c3c(Cl)c(C(F)(F)F)nn3C)cc2)cc1OCC. The Labute approximate surface area is 199 Å². The molecule has 0 atom stereocenters. The number of aromatic nitrogens is 2. The smallest absolute Gasteiger partial charge is 0.436 e. The van der Waals surface area contributed by atoms with E-state index >= 15 is 0 Å². The van der Waals surface area contributed by atoms with Gasteiger partial charge in [0.2, 0.25) is 0 Å². The summed E-state index contributed by atoms with van der Waals surface area (Å²) in [5.74, 6) is 1.000. The molecule has 182 valence electrons. The highest BCUT2D eigenvalue weighted by molar-refractivity contribution is 6.34. The Bertz CT molecular complexity index is 1150. The van der Waals surface area contributed by atoms with Crippen LogP contribution in [0.4, 0.5) is 18.9 Å². The number of aryl methyl sites for hydroxylation is 1. The second-order valence-corrected chi connectivity index (χ2v) is 7.42. The van der Waals surface area contributed by atoms with Crippen LogP contribution >= 0.6 is 11.6 Å². The van der Waals surface area contributed by atoms with E-state index in [0.717, 1.165) is 10.2 Å². The molecule has 0 saturated heterocycles. The molecule has 2 aromatic carbocycles. The van der Waals surface area contributed by atoms with E-state index in [1.165, 1.54) is 7.05 Å². The Morgan fingerprint density at radius 3 is 2.26 bits per heavy atom. The van der Waals surface area contributed by atoms with E-state index in [9.17, 15) is 18.0 Å². The first-order valence-corrected chi connectivity index (χ1v) is 10.7. The molecule has 0 radical (unpaired) electrons. The van der Waals surface area contributed by atoms with Crippen LogP contribution in [0.15, 0.2) is 42.5 Å². The number of nitrogens with zero attached hydrogens (tertiary/aromatic N) is 2. The van der Waals surface area contributed by atoms with Crippen LogP contribution in [-0.4, -0.2) is 28.9 Å². The van der Waals surface area contributed by atoms with Crippen molar-refractivity contribution in [3.63, 3.8) is 0 Å². The Morgan fingerprint density at radius 1 is 1.03 bits per heavy atom. The molecule has 0 aliphatic heterocycles. The van der Waals surface area contributed by atoms with Gasteiger partial charge in [-0.2, -0.15) is 18.3 Å². The Balaban J connectivity index is 1.64. The number of rotatable bonds is 9. The molecule has 0 spiro atoms. The highest BCUT2D eigenvalue weighted by Crippen LogP contribution is 2.35. The molecular weight excluding hydrogens is 475 g/mol. The third-order valence-electron chi connectivity index (χ3n) is 4.60. The van der Waals surface area contributed by atoms with Gasteiger partial charge in [0.1, 0.15) is 23.1 Å². The minimum atomic E-state index is -4.76. The average molecular weight is 498 g/mol. The normalized spacial score (nSPS) is 11.3. The van der Waals surface area contributed by atoms with Crippen LogP contribution in [0.2, 0.25) is 5.02 Å². The van der Waals surface area contributed by atoms with Crippen LogP contribution in [0.1, 0.15) is 35.6 Å². The van der Waals surface area contributed by atoms with Crippen LogP contribution in [0, 0.1) is 0 Å². The molecule has 1 heterocycles. The van der Waals surface area contributed by atoms with Crippen molar-refractivity contribution in [2.45, 2.75) is 26.6 Å². The second kappa shape index (κ2) is 10.7. The summed E-state index contributed by atoms with van der Waals surface area (Å²) in [4.78, 5) is 12.5. The van der Waals surface area contributed by atoms with E-state index in [2.05, 4.69) is 10.4 Å². The third kappa shape index (κ3) is 5.93. The summed E-state index contributed by atoms with van der Waals surface area (Å²) >= 11 is 5.76. The summed E-state index contributed by atoms with van der Waals surface area (Å²) in [7, 11) is 1.21. The van der Waals surface area contributed by atoms with E-state index in [-0.39, 0.29) is 6.61 Å². The van der Waals surface area contributed by atoms with Crippen molar-refractivity contribution in [3.8, 4) is 17.2 Å². The average Bonchev–Trinajstić information content (AvgIpc) is 3.09. The number of alkyl halides is 3. The van der Waals surface area contributed by atoms with Gasteiger partial charge in [-0.25, -0.2) is 0 Å². The summed E-state index contributed by atoms with van der Waals surface area (Å²) in [5.41, 5.74) is -0.485. The molecule has 0 bridgehead atoms. The van der Waals surface area contributed by atoms with Crippen molar-refractivity contribution in [1.82, 2.24) is 9.78 Å². The minimum absolute atomic E-state index is 0.267. The van der Waals surface area contributed by atoms with E-state index in [0.29, 0.717) is 36.1 Å². The van der Waals surface area contributed by atoms with Gasteiger partial charge in [-0.1, -0.05) is 17.7 Å². The van der Waals surface area contributed by atoms with Gasteiger partial charge in [-0.15, -0.1) is 0 Å². The van der Waals surface area contributed by atoms with Crippen molar-refractivity contribution < 1.29 is 32.2 Å². The zero-order valence-electron chi connectivity index (χ0n) is 18.7. The molecule has 1 N–H and O–H groups in total. The van der Waals surface area contributed by atoms with Gasteiger partial charge < -0.3 is 19.5 Å². The van der Waals surface area contributed by atoms with Crippen molar-refractivity contribution in [2.75, 3.05) is 18.5 Å². The molecule has 0 fully saturated rings. The van der Waals surface area contributed by atoms with Gasteiger partial charge in [0, 0.05) is 12.7 Å². The van der Waals surface area contributed by atoms with Crippen molar-refractivity contribution in [3.05, 3.63) is 64.4 Å². The zero-order chi connectivity index (χ0) is 24.9. The minimum Gasteiger partial charge on any atom is -0.490 e. The number of nitrogens with one attached hydrogen (secondary N) is 1. The first-order valence-electron chi connectivity index (χ1n) is 10.4. The van der Waals surface area contributed by atoms with Crippen molar-refractivity contribution in [2.24, 2.45) is 7.05 Å². The topological polar surface area (TPSA) is 74.6 Å². The van der Waals surface area contributed by atoms with Gasteiger partial charge in [-0.05, 0) is 55.8 Å². The van der Waals surface area contributed by atoms with E-state index in [4.69, 9.17) is 25.8 Å². The lowest BCUT2D eigenvalue weighted by Gasteiger charge is -2.13. The summed E-state index contributed by atoms with van der Waals surface area (Å²) in [6, 6.07) is 11.9. The Morgan fingerprint density at radius 2 is 1.68 bits per heavy atom. The third-order valence-corrected chi connectivity index (χ3v) is 4.96. The number of ether oxygens (including phenoxy) is 3. The van der Waals surface area contributed by atoms with Crippen LogP contribution in [-0.2, 0) is 19.8 Å². The van der Waals surface area contributed by atoms with Crippen molar-refractivity contribution >= 4 is 23.2 Å². The lowest BCUT2D eigenvalue weighted by atomic mass is 10.2. The summed E-state index contributed by atoms with van der Waals surface area (Å²) < 4.78 is 56.6.